The number of aryl methyl sites for hydroxylation is 1. The molecule has 4 rings (SSSR count). The minimum absolute atomic E-state index is 0.269. The Morgan fingerprint density at radius 1 is 1.11 bits per heavy atom. The number of benzene rings is 1. The molecule has 1 N–H and O–H groups in total. The Kier molecular flexibility index (Phi) is 2.26. The van der Waals surface area contributed by atoms with E-state index in [-0.39, 0.29) is 6.04 Å². The number of hydrogen-bond donors (Lipinski definition) is 1. The van der Waals surface area contributed by atoms with Gasteiger partial charge in [0.1, 0.15) is 0 Å². The smallest absolute Gasteiger partial charge is 0.223 e. The van der Waals surface area contributed by atoms with Crippen molar-refractivity contribution in [3.63, 3.8) is 0 Å². The molecule has 0 aliphatic heterocycles. The van der Waals surface area contributed by atoms with Gasteiger partial charge in [-0.3, -0.25) is 4.79 Å². The number of rotatable bonds is 2. The molecule has 0 aromatic heterocycles. The number of hydrogen-bond acceptors (Lipinski definition) is 1. The normalized spacial score (nSPS) is 36.0. The van der Waals surface area contributed by atoms with Crippen LogP contribution in [0.3, 0.4) is 0 Å². The van der Waals surface area contributed by atoms with Crippen LogP contribution in [0.4, 0.5) is 0 Å². The van der Waals surface area contributed by atoms with E-state index in [0.29, 0.717) is 11.8 Å². The molecule has 1 aromatic rings. The first-order chi connectivity index (χ1) is 8.81. The van der Waals surface area contributed by atoms with Gasteiger partial charge in [-0.2, -0.15) is 0 Å². The Hall–Kier alpha value is -1.31. The van der Waals surface area contributed by atoms with Gasteiger partial charge < -0.3 is 5.32 Å². The summed E-state index contributed by atoms with van der Waals surface area (Å²) in [6.07, 6.45) is 5.85. The molecule has 18 heavy (non-hydrogen) atoms. The van der Waals surface area contributed by atoms with Gasteiger partial charge in [0.15, 0.2) is 0 Å². The van der Waals surface area contributed by atoms with E-state index < -0.39 is 0 Å². The van der Waals surface area contributed by atoms with Gasteiger partial charge in [0, 0.05) is 5.92 Å². The van der Waals surface area contributed by atoms with Gasteiger partial charge in [-0.15, -0.1) is 0 Å². The number of amides is 1. The number of carbonyl (C=O) groups is 1. The fraction of sp³-hybridized carbons (Fsp3) is 0.562. The van der Waals surface area contributed by atoms with Gasteiger partial charge in [0.2, 0.25) is 5.91 Å². The zero-order valence-corrected chi connectivity index (χ0v) is 10.6. The van der Waals surface area contributed by atoms with Crippen LogP contribution in [0.25, 0.3) is 0 Å². The summed E-state index contributed by atoms with van der Waals surface area (Å²) in [4.78, 5) is 12.3. The summed E-state index contributed by atoms with van der Waals surface area (Å²) < 4.78 is 0. The maximum absolute atomic E-state index is 12.3. The largest absolute Gasteiger partial charge is 0.349 e. The Morgan fingerprint density at radius 2 is 1.89 bits per heavy atom. The van der Waals surface area contributed by atoms with Crippen LogP contribution < -0.4 is 5.32 Å². The second kappa shape index (κ2) is 3.84. The summed E-state index contributed by atoms with van der Waals surface area (Å²) in [5.41, 5.74) is 2.76. The molecule has 1 amide bonds. The van der Waals surface area contributed by atoms with E-state index in [4.69, 9.17) is 0 Å². The second-order valence-corrected chi connectivity index (χ2v) is 6.22. The van der Waals surface area contributed by atoms with E-state index >= 15 is 0 Å². The number of nitrogens with one attached hydrogen (secondary N) is 1. The first-order valence-corrected chi connectivity index (χ1v) is 7.19. The van der Waals surface area contributed by atoms with Crippen molar-refractivity contribution >= 4 is 5.91 Å². The van der Waals surface area contributed by atoms with Crippen LogP contribution in [-0.2, 0) is 11.2 Å². The molecular weight excluding hydrogens is 222 g/mol. The van der Waals surface area contributed by atoms with Crippen LogP contribution in [0.5, 0.6) is 0 Å². The van der Waals surface area contributed by atoms with Gasteiger partial charge in [-0.05, 0) is 55.1 Å². The molecule has 94 valence electrons. The molecular formula is C16H19NO. The summed E-state index contributed by atoms with van der Waals surface area (Å²) in [6, 6.07) is 8.79. The van der Waals surface area contributed by atoms with Crippen molar-refractivity contribution < 1.29 is 4.79 Å². The molecule has 2 heteroatoms. The quantitative estimate of drug-likeness (QED) is 0.847. The van der Waals surface area contributed by atoms with Crippen molar-refractivity contribution in [3.05, 3.63) is 35.4 Å². The van der Waals surface area contributed by atoms with Crippen LogP contribution in [0.1, 0.15) is 42.9 Å². The third kappa shape index (κ3) is 1.66. The summed E-state index contributed by atoms with van der Waals surface area (Å²) in [7, 11) is 0. The standard InChI is InChI=1S/C16H19NO/c18-16(13-8-11-7-12(11)9-13)17-15-6-5-10-3-1-2-4-14(10)15/h1-4,11-13,15H,5-9H2,(H,17,18). The van der Waals surface area contributed by atoms with Crippen LogP contribution in [0, 0.1) is 17.8 Å². The SMILES string of the molecule is O=C(NC1CCc2ccccc21)C1CC2CC2C1. The minimum Gasteiger partial charge on any atom is -0.349 e. The lowest BCUT2D eigenvalue weighted by molar-refractivity contribution is -0.125. The van der Waals surface area contributed by atoms with E-state index in [0.717, 1.165) is 37.5 Å². The average molecular weight is 241 g/mol. The summed E-state index contributed by atoms with van der Waals surface area (Å²) in [6.45, 7) is 0. The Morgan fingerprint density at radius 3 is 2.72 bits per heavy atom. The molecule has 0 bridgehead atoms. The average Bonchev–Trinajstić information content (AvgIpc) is 2.84. The molecule has 0 saturated heterocycles. The van der Waals surface area contributed by atoms with E-state index in [1.54, 1.807) is 0 Å². The van der Waals surface area contributed by atoms with Crippen molar-refractivity contribution in [2.45, 2.75) is 38.1 Å². The highest BCUT2D eigenvalue weighted by molar-refractivity contribution is 5.79. The minimum atomic E-state index is 0.269. The van der Waals surface area contributed by atoms with Crippen LogP contribution in [0.15, 0.2) is 24.3 Å². The molecule has 3 atom stereocenters. The maximum Gasteiger partial charge on any atom is 0.223 e. The molecule has 3 aliphatic rings. The van der Waals surface area contributed by atoms with Crippen molar-refractivity contribution in [2.24, 2.45) is 17.8 Å². The van der Waals surface area contributed by atoms with Gasteiger partial charge in [-0.25, -0.2) is 0 Å². The molecule has 2 fully saturated rings. The van der Waals surface area contributed by atoms with E-state index in [1.165, 1.54) is 17.5 Å². The zero-order valence-electron chi connectivity index (χ0n) is 10.6. The zero-order chi connectivity index (χ0) is 12.1. The molecule has 3 aliphatic carbocycles. The summed E-state index contributed by atoms with van der Waals surface area (Å²) >= 11 is 0. The lowest BCUT2D eigenvalue weighted by Crippen LogP contribution is -2.32. The highest BCUT2D eigenvalue weighted by Crippen LogP contribution is 2.54. The van der Waals surface area contributed by atoms with Gasteiger partial charge in [-0.1, -0.05) is 24.3 Å². The van der Waals surface area contributed by atoms with Crippen molar-refractivity contribution in [1.29, 1.82) is 0 Å². The molecule has 0 heterocycles. The molecule has 2 nitrogen and oxygen atoms in total. The molecule has 0 radical (unpaired) electrons. The van der Waals surface area contributed by atoms with Crippen molar-refractivity contribution in [1.82, 2.24) is 5.32 Å². The Bertz CT molecular complexity index is 486. The highest BCUT2D eigenvalue weighted by atomic mass is 16.1. The fourth-order valence-corrected chi connectivity index (χ4v) is 3.93. The number of carbonyl (C=O) groups excluding carboxylic acids is 1. The van der Waals surface area contributed by atoms with Crippen molar-refractivity contribution in [3.8, 4) is 0 Å². The van der Waals surface area contributed by atoms with Gasteiger partial charge >= 0.3 is 0 Å². The van der Waals surface area contributed by atoms with E-state index in [2.05, 4.69) is 29.6 Å². The lowest BCUT2D eigenvalue weighted by atomic mass is 10.0. The van der Waals surface area contributed by atoms with Crippen LogP contribution in [0.2, 0.25) is 0 Å². The Labute approximate surface area is 108 Å². The third-order valence-electron chi connectivity index (χ3n) is 5.06. The molecule has 0 spiro atoms. The topological polar surface area (TPSA) is 29.1 Å². The van der Waals surface area contributed by atoms with E-state index in [1.807, 2.05) is 0 Å². The lowest BCUT2D eigenvalue weighted by Gasteiger charge is -2.18. The molecule has 1 aromatic carbocycles. The highest BCUT2D eigenvalue weighted by Gasteiger charge is 2.48. The van der Waals surface area contributed by atoms with Crippen LogP contribution >= 0.6 is 0 Å². The van der Waals surface area contributed by atoms with Crippen molar-refractivity contribution in [2.75, 3.05) is 0 Å². The fourth-order valence-electron chi connectivity index (χ4n) is 3.93. The third-order valence-corrected chi connectivity index (χ3v) is 5.06. The first-order valence-electron chi connectivity index (χ1n) is 7.19. The maximum atomic E-state index is 12.3. The molecule has 3 unspecified atom stereocenters. The van der Waals surface area contributed by atoms with Gasteiger partial charge in [0.25, 0.3) is 0 Å². The predicted octanol–water partition coefficient (Wildman–Crippen LogP) is 2.84. The van der Waals surface area contributed by atoms with E-state index in [9.17, 15) is 4.79 Å². The summed E-state index contributed by atoms with van der Waals surface area (Å²) in [5.74, 6) is 2.39. The second-order valence-electron chi connectivity index (χ2n) is 6.22. The van der Waals surface area contributed by atoms with Gasteiger partial charge in [0.05, 0.1) is 6.04 Å². The first kappa shape index (κ1) is 10.6. The summed E-state index contributed by atoms with van der Waals surface area (Å²) in [5, 5.41) is 3.28. The predicted molar refractivity (Wildman–Crippen MR) is 70.0 cm³/mol. The Balaban J connectivity index is 1.45. The van der Waals surface area contributed by atoms with Crippen LogP contribution in [-0.4, -0.2) is 5.91 Å². The number of fused-ring (bicyclic) bond motifs is 2. The monoisotopic (exact) mass is 241 g/mol. The molecule has 2 saturated carbocycles.